The average Bonchev–Trinajstić information content (AvgIpc) is 2.77. The van der Waals surface area contributed by atoms with Crippen molar-refractivity contribution in [3.63, 3.8) is 0 Å². The highest BCUT2D eigenvalue weighted by Gasteiger charge is 2.31. The predicted molar refractivity (Wildman–Crippen MR) is 66.0 cm³/mol. The molecule has 1 aliphatic heterocycles. The molecule has 6 heteroatoms. The molecule has 0 bridgehead atoms. The molecule has 5 nitrogen and oxygen atoms in total. The number of ether oxygens (including phenoxy) is 1. The Morgan fingerprint density at radius 1 is 1.63 bits per heavy atom. The van der Waals surface area contributed by atoms with Crippen molar-refractivity contribution >= 4 is 6.03 Å². The van der Waals surface area contributed by atoms with Gasteiger partial charge in [-0.1, -0.05) is 0 Å². The normalized spacial score (nSPS) is 18.1. The summed E-state index contributed by atoms with van der Waals surface area (Å²) in [5.74, 6) is 0.161. The van der Waals surface area contributed by atoms with E-state index in [4.69, 9.17) is 10.00 Å². The number of rotatable bonds is 4. The van der Waals surface area contributed by atoms with Gasteiger partial charge in [0.05, 0.1) is 25.6 Å². The molecule has 1 saturated heterocycles. The molecular weight excluding hydrogens is 249 g/mol. The van der Waals surface area contributed by atoms with Gasteiger partial charge in [0, 0.05) is 18.7 Å². The smallest absolute Gasteiger partial charge is 0.318 e. The number of urea groups is 1. The zero-order chi connectivity index (χ0) is 13.8. The molecule has 19 heavy (non-hydrogen) atoms. The molecule has 0 radical (unpaired) electrons. The number of nitrogens with zero attached hydrogens (tertiary/aromatic N) is 2. The van der Waals surface area contributed by atoms with Crippen molar-refractivity contribution in [1.29, 1.82) is 5.26 Å². The summed E-state index contributed by atoms with van der Waals surface area (Å²) >= 11 is 0. The van der Waals surface area contributed by atoms with Crippen molar-refractivity contribution in [2.45, 2.75) is 12.5 Å². The van der Waals surface area contributed by atoms with Crippen molar-refractivity contribution < 1.29 is 13.9 Å². The maximum Gasteiger partial charge on any atom is 0.318 e. The Labute approximate surface area is 110 Å². The zero-order valence-electron chi connectivity index (χ0n) is 10.5. The lowest BCUT2D eigenvalue weighted by Gasteiger charge is -2.15. The number of hydrogen-bond donors (Lipinski definition) is 1. The number of nitrogens with one attached hydrogen (secondary N) is 1. The zero-order valence-corrected chi connectivity index (χ0v) is 10.5. The van der Waals surface area contributed by atoms with Crippen LogP contribution in [0.5, 0.6) is 5.75 Å². The summed E-state index contributed by atoms with van der Waals surface area (Å²) in [6, 6.07) is 5.64. The summed E-state index contributed by atoms with van der Waals surface area (Å²) in [6.07, 6.45) is 0.278. The van der Waals surface area contributed by atoms with E-state index < -0.39 is 0 Å². The van der Waals surface area contributed by atoms with Crippen LogP contribution in [0.2, 0.25) is 0 Å². The molecule has 0 aliphatic carbocycles. The van der Waals surface area contributed by atoms with Gasteiger partial charge in [0.2, 0.25) is 0 Å². The maximum atomic E-state index is 13.3. The summed E-state index contributed by atoms with van der Waals surface area (Å²) in [7, 11) is 1.50. The van der Waals surface area contributed by atoms with E-state index in [9.17, 15) is 9.18 Å². The first kappa shape index (κ1) is 13.1. The first-order valence-corrected chi connectivity index (χ1v) is 5.91. The molecule has 1 unspecified atom stereocenters. The van der Waals surface area contributed by atoms with Crippen LogP contribution >= 0.6 is 0 Å². The van der Waals surface area contributed by atoms with Crippen molar-refractivity contribution in [2.24, 2.45) is 0 Å². The molecule has 1 aromatic carbocycles. The van der Waals surface area contributed by atoms with E-state index in [0.29, 0.717) is 24.4 Å². The van der Waals surface area contributed by atoms with Crippen molar-refractivity contribution in [3.8, 4) is 11.8 Å². The SMILES string of the molecule is COc1ccc(F)cc1C1CN(CCC#N)C(=O)N1. The van der Waals surface area contributed by atoms with Crippen molar-refractivity contribution in [3.05, 3.63) is 29.6 Å². The van der Waals surface area contributed by atoms with E-state index in [1.807, 2.05) is 6.07 Å². The van der Waals surface area contributed by atoms with E-state index in [1.54, 1.807) is 0 Å². The summed E-state index contributed by atoms with van der Waals surface area (Å²) in [5, 5.41) is 11.3. The first-order valence-electron chi connectivity index (χ1n) is 5.91. The van der Waals surface area contributed by atoms with Crippen LogP contribution in [-0.2, 0) is 0 Å². The lowest BCUT2D eigenvalue weighted by molar-refractivity contribution is 0.218. The van der Waals surface area contributed by atoms with Gasteiger partial charge in [-0.05, 0) is 18.2 Å². The fourth-order valence-electron chi connectivity index (χ4n) is 2.12. The van der Waals surface area contributed by atoms with Crippen LogP contribution in [0.15, 0.2) is 18.2 Å². The number of carbonyl (C=O) groups excluding carboxylic acids is 1. The molecule has 1 aromatic rings. The fourth-order valence-corrected chi connectivity index (χ4v) is 2.12. The second-order valence-corrected chi connectivity index (χ2v) is 4.24. The maximum absolute atomic E-state index is 13.3. The Kier molecular flexibility index (Phi) is 3.85. The Morgan fingerprint density at radius 2 is 2.42 bits per heavy atom. The van der Waals surface area contributed by atoms with E-state index in [0.717, 1.165) is 0 Å². The number of hydrogen-bond acceptors (Lipinski definition) is 3. The quantitative estimate of drug-likeness (QED) is 0.901. The topological polar surface area (TPSA) is 65.4 Å². The van der Waals surface area contributed by atoms with Crippen LogP contribution in [0.3, 0.4) is 0 Å². The predicted octanol–water partition coefficient (Wildman–Crippen LogP) is 1.81. The Hall–Kier alpha value is -2.29. The highest BCUT2D eigenvalue weighted by molar-refractivity contribution is 5.77. The molecule has 100 valence electrons. The molecule has 1 heterocycles. The van der Waals surface area contributed by atoms with Gasteiger partial charge in [-0.15, -0.1) is 0 Å². The largest absolute Gasteiger partial charge is 0.496 e. The van der Waals surface area contributed by atoms with Gasteiger partial charge in [-0.25, -0.2) is 9.18 Å². The van der Waals surface area contributed by atoms with Gasteiger partial charge >= 0.3 is 6.03 Å². The minimum Gasteiger partial charge on any atom is -0.496 e. The van der Waals surface area contributed by atoms with Crippen LogP contribution in [0.25, 0.3) is 0 Å². The van der Waals surface area contributed by atoms with E-state index in [2.05, 4.69) is 5.32 Å². The fraction of sp³-hybridized carbons (Fsp3) is 0.385. The molecule has 0 spiro atoms. The second-order valence-electron chi connectivity index (χ2n) is 4.24. The lowest BCUT2D eigenvalue weighted by atomic mass is 10.1. The Balaban J connectivity index is 2.18. The van der Waals surface area contributed by atoms with Crippen LogP contribution in [-0.4, -0.2) is 31.1 Å². The van der Waals surface area contributed by atoms with E-state index in [1.165, 1.54) is 30.2 Å². The van der Waals surface area contributed by atoms with E-state index in [-0.39, 0.29) is 24.3 Å². The third-order valence-corrected chi connectivity index (χ3v) is 3.05. The van der Waals surface area contributed by atoms with Crippen LogP contribution in [0, 0.1) is 17.1 Å². The minimum absolute atomic E-state index is 0.244. The number of nitriles is 1. The van der Waals surface area contributed by atoms with Gasteiger partial charge in [-0.2, -0.15) is 5.26 Å². The van der Waals surface area contributed by atoms with Gasteiger partial charge in [0.25, 0.3) is 0 Å². The average molecular weight is 263 g/mol. The third-order valence-electron chi connectivity index (χ3n) is 3.05. The molecule has 1 N–H and O–H groups in total. The van der Waals surface area contributed by atoms with Crippen LogP contribution in [0.1, 0.15) is 18.0 Å². The molecule has 2 amide bonds. The molecule has 1 atom stereocenters. The van der Waals surface area contributed by atoms with Gasteiger partial charge in [0.15, 0.2) is 0 Å². The highest BCUT2D eigenvalue weighted by Crippen LogP contribution is 2.29. The highest BCUT2D eigenvalue weighted by atomic mass is 19.1. The standard InChI is InChI=1S/C13H14FN3O2/c1-19-12-4-3-9(14)7-10(12)11-8-17(6-2-5-15)13(18)16-11/h3-4,7,11H,2,6,8H2,1H3,(H,16,18). The number of methoxy groups -OCH3 is 1. The summed E-state index contributed by atoms with van der Waals surface area (Å²) < 4.78 is 18.5. The number of carbonyl (C=O) groups is 1. The molecule has 2 rings (SSSR count). The van der Waals surface area contributed by atoms with Crippen LogP contribution < -0.4 is 10.1 Å². The Bertz CT molecular complexity index is 527. The summed E-state index contributed by atoms with van der Waals surface area (Å²) in [6.45, 7) is 0.775. The minimum atomic E-state index is -0.375. The number of benzene rings is 1. The first-order chi connectivity index (χ1) is 9.15. The van der Waals surface area contributed by atoms with Gasteiger partial charge in [-0.3, -0.25) is 0 Å². The second kappa shape index (κ2) is 5.57. The van der Waals surface area contributed by atoms with Gasteiger partial charge < -0.3 is 15.0 Å². The molecule has 1 aliphatic rings. The lowest BCUT2D eigenvalue weighted by Crippen LogP contribution is -2.28. The molecule has 0 saturated carbocycles. The summed E-state index contributed by atoms with van der Waals surface area (Å²) in [5.41, 5.74) is 0.607. The van der Waals surface area contributed by atoms with Gasteiger partial charge in [0.1, 0.15) is 11.6 Å². The van der Waals surface area contributed by atoms with Crippen LogP contribution in [0.4, 0.5) is 9.18 Å². The Morgan fingerprint density at radius 3 is 3.11 bits per heavy atom. The number of amides is 2. The van der Waals surface area contributed by atoms with E-state index >= 15 is 0 Å². The monoisotopic (exact) mass is 263 g/mol. The van der Waals surface area contributed by atoms with Crippen molar-refractivity contribution in [2.75, 3.05) is 20.2 Å². The third kappa shape index (κ3) is 2.76. The molecule has 0 aromatic heterocycles. The van der Waals surface area contributed by atoms with Crippen molar-refractivity contribution in [1.82, 2.24) is 10.2 Å². The molecular formula is C13H14FN3O2. The number of halogens is 1. The summed E-state index contributed by atoms with van der Waals surface area (Å²) in [4.78, 5) is 13.3. The molecule has 1 fully saturated rings.